The lowest BCUT2D eigenvalue weighted by Gasteiger charge is -2.53. The van der Waals surface area contributed by atoms with Crippen molar-refractivity contribution in [1.82, 2.24) is 4.98 Å². The molecule has 1 aromatic carbocycles. The fraction of sp³-hybridized carbons (Fsp3) is 0.318. The summed E-state index contributed by atoms with van der Waals surface area (Å²) in [6.07, 6.45) is 1.31. The normalized spacial score (nSPS) is 22.2. The number of carbonyl (C=O) groups excluding carboxylic acids is 1. The number of nitrogens with two attached hydrogens (primary N) is 1. The lowest BCUT2D eigenvalue weighted by Crippen LogP contribution is -2.53. The van der Waals surface area contributed by atoms with Crippen LogP contribution in [0.4, 0.5) is 14.5 Å². The van der Waals surface area contributed by atoms with E-state index < -0.39 is 45.0 Å². The van der Waals surface area contributed by atoms with Crippen molar-refractivity contribution in [3.05, 3.63) is 64.7 Å². The Bertz CT molecular complexity index is 1170. The first-order valence-corrected chi connectivity index (χ1v) is 11.9. The molecular formula is C22H25ClF2N4O3S. The van der Waals surface area contributed by atoms with Gasteiger partial charge in [0.25, 0.3) is 5.91 Å². The number of hydrogen-bond donors (Lipinski definition) is 4. The molecule has 1 amide bonds. The van der Waals surface area contributed by atoms with Crippen LogP contribution in [-0.2, 0) is 5.54 Å². The second-order valence-electron chi connectivity index (χ2n) is 8.46. The molecule has 1 aliphatic heterocycles. The van der Waals surface area contributed by atoms with E-state index >= 15 is 0 Å². The molecule has 0 radical (unpaired) electrons. The van der Waals surface area contributed by atoms with Crippen LogP contribution in [0.3, 0.4) is 0 Å². The predicted molar refractivity (Wildman–Crippen MR) is 129 cm³/mol. The Balaban J connectivity index is 2.04. The molecule has 0 fully saturated rings. The van der Waals surface area contributed by atoms with Crippen molar-refractivity contribution in [3.63, 3.8) is 0 Å². The van der Waals surface area contributed by atoms with E-state index in [1.165, 1.54) is 32.2 Å². The Morgan fingerprint density at radius 3 is 2.61 bits per heavy atom. The topological polar surface area (TPSA) is 121 Å². The van der Waals surface area contributed by atoms with Crippen molar-refractivity contribution >= 4 is 45.2 Å². The summed E-state index contributed by atoms with van der Waals surface area (Å²) in [6.45, 7) is 7.24. The molecule has 7 nitrogen and oxygen atoms in total. The number of hydrogen-bond acceptors (Lipinski definition) is 6. The van der Waals surface area contributed by atoms with Gasteiger partial charge in [0.1, 0.15) is 34.3 Å². The van der Waals surface area contributed by atoms with Crippen LogP contribution in [0.25, 0.3) is 5.57 Å². The maximum Gasteiger partial charge on any atom is 0.274 e. The molecular weight excluding hydrogens is 474 g/mol. The zero-order valence-electron chi connectivity index (χ0n) is 18.3. The van der Waals surface area contributed by atoms with E-state index in [1.807, 2.05) is 0 Å². The number of nitrogens with one attached hydrogen (secondary N) is 1. The van der Waals surface area contributed by atoms with E-state index in [1.54, 1.807) is 13.0 Å². The lowest BCUT2D eigenvalue weighted by atomic mass is 9.91. The SMILES string of the molecule is C=C(C)c1cc(Cl)cnc1C(=O)Nc1ccc(F)c([C@]2(CF)CS(O)(O)C(C)(C)C(N)=N2)c1. The summed E-state index contributed by atoms with van der Waals surface area (Å²) in [4.78, 5) is 21.1. The minimum atomic E-state index is -3.47. The van der Waals surface area contributed by atoms with Crippen molar-refractivity contribution in [2.24, 2.45) is 10.7 Å². The van der Waals surface area contributed by atoms with Crippen molar-refractivity contribution in [3.8, 4) is 0 Å². The summed E-state index contributed by atoms with van der Waals surface area (Å²) in [6, 6.07) is 5.07. The van der Waals surface area contributed by atoms with E-state index in [9.17, 15) is 22.7 Å². The number of amidine groups is 1. The minimum Gasteiger partial charge on any atom is -0.386 e. The summed E-state index contributed by atoms with van der Waals surface area (Å²) < 4.78 is 49.2. The van der Waals surface area contributed by atoms with Gasteiger partial charge in [-0.3, -0.25) is 18.9 Å². The zero-order valence-corrected chi connectivity index (χ0v) is 19.9. The van der Waals surface area contributed by atoms with Gasteiger partial charge in [-0.1, -0.05) is 18.2 Å². The van der Waals surface area contributed by atoms with Gasteiger partial charge >= 0.3 is 0 Å². The smallest absolute Gasteiger partial charge is 0.274 e. The summed E-state index contributed by atoms with van der Waals surface area (Å²) in [7, 11) is -3.47. The van der Waals surface area contributed by atoms with E-state index in [-0.39, 0.29) is 22.8 Å². The number of pyridine rings is 1. The molecule has 1 aromatic heterocycles. The largest absolute Gasteiger partial charge is 0.386 e. The first-order chi connectivity index (χ1) is 15.2. The van der Waals surface area contributed by atoms with E-state index in [0.29, 0.717) is 16.2 Å². The van der Waals surface area contributed by atoms with Gasteiger partial charge in [-0.05, 0) is 50.6 Å². The molecule has 5 N–H and O–H groups in total. The fourth-order valence-electron chi connectivity index (χ4n) is 3.45. The van der Waals surface area contributed by atoms with Crippen LogP contribution < -0.4 is 11.1 Å². The molecule has 0 aliphatic carbocycles. The zero-order chi connectivity index (χ0) is 24.8. The third-order valence-electron chi connectivity index (χ3n) is 5.68. The molecule has 1 aliphatic rings. The van der Waals surface area contributed by atoms with E-state index in [4.69, 9.17) is 17.3 Å². The number of halogens is 3. The molecule has 1 atom stereocenters. The van der Waals surface area contributed by atoms with E-state index in [2.05, 4.69) is 21.9 Å². The number of aromatic nitrogens is 1. The quantitative estimate of drug-likeness (QED) is 0.450. The summed E-state index contributed by atoms with van der Waals surface area (Å²) in [5.41, 5.74) is 4.90. The highest BCUT2D eigenvalue weighted by Gasteiger charge is 2.51. The molecule has 178 valence electrons. The Morgan fingerprint density at radius 1 is 1.36 bits per heavy atom. The van der Waals surface area contributed by atoms with Crippen molar-refractivity contribution in [1.29, 1.82) is 0 Å². The molecule has 0 unspecified atom stereocenters. The fourth-order valence-corrected chi connectivity index (χ4v) is 5.31. The number of rotatable bonds is 5. The Kier molecular flexibility index (Phi) is 6.60. The second-order valence-corrected chi connectivity index (χ2v) is 11.5. The standard InChI is InChI=1S/C22H25ClF2N4O3S/c1-12(2)15-7-13(23)9-27-18(15)19(30)28-14-5-6-17(25)16(8-14)22(10-24)11-33(31,32)21(3,4)20(26)29-22/h5-9,31-32H,1,10-11H2,2-4H3,(H2,26,29)(H,28,30)/t22-/m0/s1. The molecule has 11 heteroatoms. The van der Waals surface area contributed by atoms with Crippen LogP contribution in [0.2, 0.25) is 5.02 Å². The average molecular weight is 499 g/mol. The van der Waals surface area contributed by atoms with Gasteiger partial charge < -0.3 is 11.1 Å². The summed E-state index contributed by atoms with van der Waals surface area (Å²) in [5, 5.41) is 2.92. The van der Waals surface area contributed by atoms with Crippen LogP contribution in [-0.4, -0.2) is 43.0 Å². The maximum absolute atomic E-state index is 14.9. The summed E-state index contributed by atoms with van der Waals surface area (Å²) >= 11 is 5.96. The number of anilines is 1. The van der Waals surface area contributed by atoms with Gasteiger partial charge in [0.05, 0.1) is 10.8 Å². The molecule has 33 heavy (non-hydrogen) atoms. The number of allylic oxidation sites excluding steroid dienone is 1. The molecule has 0 saturated carbocycles. The Labute approximate surface area is 197 Å². The highest BCUT2D eigenvalue weighted by molar-refractivity contribution is 8.26. The average Bonchev–Trinajstić information content (AvgIpc) is 2.73. The third-order valence-corrected chi connectivity index (χ3v) is 8.61. The third kappa shape index (κ3) is 4.48. The van der Waals surface area contributed by atoms with Gasteiger partial charge in [0.2, 0.25) is 0 Å². The molecule has 2 heterocycles. The molecule has 0 bridgehead atoms. The van der Waals surface area contributed by atoms with Crippen LogP contribution in [0.5, 0.6) is 0 Å². The van der Waals surface area contributed by atoms with Crippen LogP contribution in [0.1, 0.15) is 42.4 Å². The van der Waals surface area contributed by atoms with Gasteiger partial charge in [-0.25, -0.2) is 13.8 Å². The lowest BCUT2D eigenvalue weighted by molar-refractivity contribution is 0.102. The number of carbonyl (C=O) groups is 1. The van der Waals surface area contributed by atoms with Gasteiger partial charge in [-0.15, -0.1) is 0 Å². The van der Waals surface area contributed by atoms with Gasteiger partial charge in [-0.2, -0.15) is 10.6 Å². The predicted octanol–water partition coefficient (Wildman–Crippen LogP) is 5.22. The highest BCUT2D eigenvalue weighted by Crippen LogP contribution is 2.59. The van der Waals surface area contributed by atoms with E-state index in [0.717, 1.165) is 6.07 Å². The van der Waals surface area contributed by atoms with Gasteiger partial charge in [0.15, 0.2) is 0 Å². The maximum atomic E-state index is 14.9. The number of amides is 1. The first kappa shape index (κ1) is 25.1. The highest BCUT2D eigenvalue weighted by atomic mass is 35.5. The van der Waals surface area contributed by atoms with Crippen molar-refractivity contribution in [2.45, 2.75) is 31.1 Å². The summed E-state index contributed by atoms with van der Waals surface area (Å²) in [5.74, 6) is -2.20. The van der Waals surface area contributed by atoms with Gasteiger partial charge in [0, 0.05) is 23.0 Å². The number of aliphatic imine (C=N–C) groups is 1. The van der Waals surface area contributed by atoms with Crippen molar-refractivity contribution < 1.29 is 22.7 Å². The Morgan fingerprint density at radius 2 is 2.03 bits per heavy atom. The monoisotopic (exact) mass is 498 g/mol. The number of nitrogens with zero attached hydrogens (tertiary/aromatic N) is 2. The molecule has 3 rings (SSSR count). The van der Waals surface area contributed by atoms with Crippen LogP contribution in [0, 0.1) is 5.82 Å². The molecule has 2 aromatic rings. The second kappa shape index (κ2) is 8.68. The molecule has 0 spiro atoms. The van der Waals surface area contributed by atoms with Crippen LogP contribution in [0.15, 0.2) is 42.0 Å². The first-order valence-electron chi connectivity index (χ1n) is 9.84. The van der Waals surface area contributed by atoms with Crippen molar-refractivity contribution in [2.75, 3.05) is 17.7 Å². The molecule has 0 saturated heterocycles. The number of benzene rings is 1. The Hall–Kier alpha value is -2.53. The minimum absolute atomic E-state index is 0.0499. The number of alkyl halides is 1. The van der Waals surface area contributed by atoms with Crippen LogP contribution >= 0.6 is 22.2 Å².